The lowest BCUT2D eigenvalue weighted by Crippen LogP contribution is -2.48. The van der Waals surface area contributed by atoms with Gasteiger partial charge in [-0.25, -0.2) is 4.79 Å². The highest BCUT2D eigenvalue weighted by Crippen LogP contribution is 2.34. The molecule has 0 radical (unpaired) electrons. The number of nitrogens with one attached hydrogen (secondary N) is 1. The maximum Gasteiger partial charge on any atom is 0.322 e. The number of carbonyl (C=O) groups is 2. The van der Waals surface area contributed by atoms with Gasteiger partial charge in [-0.15, -0.1) is 17.9 Å². The summed E-state index contributed by atoms with van der Waals surface area (Å²) in [4.78, 5) is 30.9. The molecule has 1 N–H and O–H groups in total. The molecule has 0 bridgehead atoms. The number of fused-ring (bicyclic) bond motifs is 1. The second-order valence-electron chi connectivity index (χ2n) is 7.89. The van der Waals surface area contributed by atoms with E-state index < -0.39 is 0 Å². The van der Waals surface area contributed by atoms with Gasteiger partial charge in [0.25, 0.3) is 0 Å². The molecule has 2 heterocycles. The first-order chi connectivity index (χ1) is 16.5. The lowest BCUT2D eigenvalue weighted by atomic mass is 10.0. The van der Waals surface area contributed by atoms with E-state index in [4.69, 9.17) is 16.3 Å². The summed E-state index contributed by atoms with van der Waals surface area (Å²) in [6, 6.07) is 17.9. The summed E-state index contributed by atoms with van der Waals surface area (Å²) < 4.78 is 6.03. The van der Waals surface area contributed by atoms with Gasteiger partial charge in [-0.1, -0.05) is 41.9 Å². The molecule has 8 heteroatoms. The molecule has 0 spiro atoms. The van der Waals surface area contributed by atoms with Crippen molar-refractivity contribution in [1.29, 1.82) is 0 Å². The van der Waals surface area contributed by atoms with Crippen LogP contribution in [-0.2, 0) is 11.2 Å². The predicted molar refractivity (Wildman–Crippen MR) is 137 cm³/mol. The van der Waals surface area contributed by atoms with Crippen molar-refractivity contribution in [3.8, 4) is 5.75 Å². The standard InChI is InChI=1S/C26H26ClN3O3S/c1-2-13-29(26(32)28-20-8-6-7-19(27)16-20)17-25(31)30-14-11-24-22(12-15-34-24)23(30)18-33-21-9-4-3-5-10-21/h2-10,12,15-16,23H,1,11,13-14,17-18H2,(H,28,32). The van der Waals surface area contributed by atoms with E-state index >= 15 is 0 Å². The fourth-order valence-electron chi connectivity index (χ4n) is 3.96. The Bertz CT molecular complexity index is 1150. The highest BCUT2D eigenvalue weighted by Gasteiger charge is 2.33. The summed E-state index contributed by atoms with van der Waals surface area (Å²) in [6.07, 6.45) is 2.39. The molecule has 1 atom stereocenters. The van der Waals surface area contributed by atoms with Crippen molar-refractivity contribution >= 4 is 40.6 Å². The van der Waals surface area contributed by atoms with Crippen LogP contribution in [0.3, 0.4) is 0 Å². The van der Waals surface area contributed by atoms with Gasteiger partial charge in [-0.3, -0.25) is 4.79 Å². The van der Waals surface area contributed by atoms with Crippen molar-refractivity contribution in [2.45, 2.75) is 12.5 Å². The number of hydrogen-bond acceptors (Lipinski definition) is 4. The maximum atomic E-state index is 13.4. The summed E-state index contributed by atoms with van der Waals surface area (Å²) in [5.41, 5.74) is 1.67. The number of thiophene rings is 1. The monoisotopic (exact) mass is 495 g/mol. The summed E-state index contributed by atoms with van der Waals surface area (Å²) in [7, 11) is 0. The van der Waals surface area contributed by atoms with Crippen molar-refractivity contribution in [3.05, 3.63) is 94.2 Å². The first-order valence-corrected chi connectivity index (χ1v) is 12.3. The van der Waals surface area contributed by atoms with Gasteiger partial charge in [0.1, 0.15) is 18.9 Å². The number of urea groups is 1. The van der Waals surface area contributed by atoms with Gasteiger partial charge in [0.05, 0.1) is 6.04 Å². The Morgan fingerprint density at radius 1 is 1.21 bits per heavy atom. The van der Waals surface area contributed by atoms with Gasteiger partial charge >= 0.3 is 6.03 Å². The number of ether oxygens (including phenoxy) is 1. The fraction of sp³-hybridized carbons (Fsp3) is 0.231. The number of para-hydroxylation sites is 1. The smallest absolute Gasteiger partial charge is 0.322 e. The number of rotatable bonds is 8. The molecular weight excluding hydrogens is 470 g/mol. The van der Waals surface area contributed by atoms with Gasteiger partial charge in [-0.2, -0.15) is 0 Å². The molecule has 1 aromatic heterocycles. The minimum Gasteiger partial charge on any atom is -0.491 e. The molecule has 0 saturated carbocycles. The van der Waals surface area contributed by atoms with Crippen LogP contribution in [-0.4, -0.2) is 48.0 Å². The van der Waals surface area contributed by atoms with E-state index in [1.807, 2.05) is 35.2 Å². The Balaban J connectivity index is 1.48. The number of hydrogen-bond donors (Lipinski definition) is 1. The average Bonchev–Trinajstić information content (AvgIpc) is 3.32. The van der Waals surface area contributed by atoms with Crippen LogP contribution >= 0.6 is 22.9 Å². The minimum atomic E-state index is -0.388. The van der Waals surface area contributed by atoms with Gasteiger partial charge in [0, 0.05) is 28.7 Å². The summed E-state index contributed by atoms with van der Waals surface area (Å²) in [5, 5.41) is 5.38. The van der Waals surface area contributed by atoms with Crippen LogP contribution in [0, 0.1) is 0 Å². The number of carbonyl (C=O) groups excluding carboxylic acids is 2. The molecule has 4 rings (SSSR count). The molecule has 3 amide bonds. The van der Waals surface area contributed by atoms with Crippen LogP contribution in [0.15, 0.2) is 78.7 Å². The van der Waals surface area contributed by atoms with E-state index in [9.17, 15) is 9.59 Å². The van der Waals surface area contributed by atoms with E-state index in [2.05, 4.69) is 23.3 Å². The largest absolute Gasteiger partial charge is 0.491 e. The van der Waals surface area contributed by atoms with Crippen LogP contribution in [0.5, 0.6) is 5.75 Å². The third kappa shape index (κ3) is 5.79. The Labute approximate surface area is 208 Å². The third-order valence-corrected chi connectivity index (χ3v) is 6.84. The second-order valence-corrected chi connectivity index (χ2v) is 9.32. The number of nitrogens with zero attached hydrogens (tertiary/aromatic N) is 2. The molecular formula is C26H26ClN3O3S. The van der Waals surface area contributed by atoms with Crippen molar-refractivity contribution in [2.75, 3.05) is 31.6 Å². The Kier molecular flexibility index (Phi) is 7.87. The van der Waals surface area contributed by atoms with Crippen LogP contribution < -0.4 is 10.1 Å². The van der Waals surface area contributed by atoms with Crippen molar-refractivity contribution in [3.63, 3.8) is 0 Å². The molecule has 6 nitrogen and oxygen atoms in total. The van der Waals surface area contributed by atoms with Crippen LogP contribution in [0.4, 0.5) is 10.5 Å². The SMILES string of the molecule is C=CCN(CC(=O)N1CCc2sccc2C1COc1ccccc1)C(=O)Nc1cccc(Cl)c1. The second kappa shape index (κ2) is 11.2. The highest BCUT2D eigenvalue weighted by molar-refractivity contribution is 7.10. The van der Waals surface area contributed by atoms with Gasteiger partial charge < -0.3 is 19.9 Å². The van der Waals surface area contributed by atoms with Crippen molar-refractivity contribution in [2.24, 2.45) is 0 Å². The van der Waals surface area contributed by atoms with Crippen molar-refractivity contribution < 1.29 is 14.3 Å². The molecule has 34 heavy (non-hydrogen) atoms. The molecule has 0 aliphatic carbocycles. The topological polar surface area (TPSA) is 61.9 Å². The maximum absolute atomic E-state index is 13.4. The van der Waals surface area contributed by atoms with E-state index in [1.165, 1.54) is 9.78 Å². The van der Waals surface area contributed by atoms with Crippen LogP contribution in [0.25, 0.3) is 0 Å². The Morgan fingerprint density at radius 3 is 2.79 bits per heavy atom. The lowest BCUT2D eigenvalue weighted by Gasteiger charge is -2.37. The molecule has 1 unspecified atom stereocenters. The molecule has 2 aromatic carbocycles. The Hall–Kier alpha value is -3.29. The summed E-state index contributed by atoms with van der Waals surface area (Å²) >= 11 is 7.73. The zero-order valence-corrected chi connectivity index (χ0v) is 20.2. The van der Waals surface area contributed by atoms with E-state index in [-0.39, 0.29) is 31.1 Å². The lowest BCUT2D eigenvalue weighted by molar-refractivity contribution is -0.135. The number of halogens is 1. The van der Waals surface area contributed by atoms with Crippen LogP contribution in [0.2, 0.25) is 5.02 Å². The molecule has 1 aliphatic rings. The number of benzene rings is 2. The molecule has 3 aromatic rings. The molecule has 0 saturated heterocycles. The van der Waals surface area contributed by atoms with Gasteiger partial charge in [-0.05, 0) is 53.8 Å². The number of anilines is 1. The summed E-state index contributed by atoms with van der Waals surface area (Å²) in [5.74, 6) is 0.619. The number of amides is 3. The minimum absolute atomic E-state index is 0.0697. The van der Waals surface area contributed by atoms with E-state index in [0.717, 1.165) is 17.7 Å². The first kappa shape index (κ1) is 23.9. The fourth-order valence-corrected chi connectivity index (χ4v) is 5.08. The van der Waals surface area contributed by atoms with E-state index in [1.54, 1.807) is 41.7 Å². The van der Waals surface area contributed by atoms with Crippen molar-refractivity contribution in [1.82, 2.24) is 9.80 Å². The molecule has 1 aliphatic heterocycles. The normalized spacial score (nSPS) is 14.7. The van der Waals surface area contributed by atoms with Crippen LogP contribution in [0.1, 0.15) is 16.5 Å². The average molecular weight is 496 g/mol. The quantitative estimate of drug-likeness (QED) is 0.412. The Morgan fingerprint density at radius 2 is 2.03 bits per heavy atom. The van der Waals surface area contributed by atoms with E-state index in [0.29, 0.717) is 23.9 Å². The molecule has 176 valence electrons. The van der Waals surface area contributed by atoms with Gasteiger partial charge in [0.2, 0.25) is 5.91 Å². The third-order valence-electron chi connectivity index (χ3n) is 5.60. The highest BCUT2D eigenvalue weighted by atomic mass is 35.5. The zero-order chi connectivity index (χ0) is 23.9. The molecule has 0 fully saturated rings. The summed E-state index contributed by atoms with van der Waals surface area (Å²) in [6.45, 7) is 4.82. The predicted octanol–water partition coefficient (Wildman–Crippen LogP) is 5.63. The van der Waals surface area contributed by atoms with Gasteiger partial charge in [0.15, 0.2) is 0 Å². The zero-order valence-electron chi connectivity index (χ0n) is 18.7. The first-order valence-electron chi connectivity index (χ1n) is 11.0.